The smallest absolute Gasteiger partial charge is 0.239 e. The molecule has 5 rings (SSSR count). The van der Waals surface area contributed by atoms with E-state index in [1.807, 2.05) is 24.8 Å². The third-order valence-corrected chi connectivity index (χ3v) is 11.6. The highest BCUT2D eigenvalue weighted by Crippen LogP contribution is 2.38. The molecule has 0 aliphatic carbocycles. The Morgan fingerprint density at radius 2 is 1.76 bits per heavy atom. The zero-order valence-corrected chi connectivity index (χ0v) is 28.6. The van der Waals surface area contributed by atoms with Gasteiger partial charge in [0.25, 0.3) is 0 Å². The van der Waals surface area contributed by atoms with Gasteiger partial charge < -0.3 is 25.6 Å². The van der Waals surface area contributed by atoms with E-state index in [0.29, 0.717) is 18.2 Å². The van der Waals surface area contributed by atoms with Gasteiger partial charge in [0.15, 0.2) is 9.84 Å². The molecule has 10 nitrogen and oxygen atoms in total. The Morgan fingerprint density at radius 3 is 2.42 bits per heavy atom. The van der Waals surface area contributed by atoms with Gasteiger partial charge in [0.1, 0.15) is 12.0 Å². The number of hydrogen-bond acceptors (Lipinski definition) is 9. The van der Waals surface area contributed by atoms with Crippen molar-refractivity contribution >= 4 is 38.7 Å². The van der Waals surface area contributed by atoms with Crippen molar-refractivity contribution < 1.29 is 17.9 Å². The third-order valence-electron chi connectivity index (χ3n) is 8.99. The molecule has 2 aromatic carbocycles. The Hall–Kier alpha value is -2.57. The lowest BCUT2D eigenvalue weighted by atomic mass is 9.86. The standard InChI is InChI=1S/C33H49ClN6O4S/c1-20(2)44-29-18-24(23-12-15-40(16-13-23)32(41)27-10-8-14-35-27)22(5)17-28(29)38-33-36-19-25(34)31(39-33)37-26-9-6-7-11-30(26)45(42,43)21(3)4/h6-7,9,11,17-18,20-21,23,25,27,31,33,35-39H,8,10,12-16,19H2,1-5H3/t25?,27-,31?,33?/m0/s1. The lowest BCUT2D eigenvalue weighted by molar-refractivity contribution is -0.134. The number of nitrogens with one attached hydrogen (secondary N) is 5. The highest BCUT2D eigenvalue weighted by atomic mass is 35.5. The molecular weight excluding hydrogens is 612 g/mol. The number of amides is 1. The van der Waals surface area contributed by atoms with Gasteiger partial charge in [-0.25, -0.2) is 8.42 Å². The summed E-state index contributed by atoms with van der Waals surface area (Å²) in [5, 5.41) is 16.2. The molecule has 0 spiro atoms. The van der Waals surface area contributed by atoms with E-state index in [1.165, 1.54) is 11.1 Å². The molecular formula is C33H49ClN6O4S. The van der Waals surface area contributed by atoms with Crippen LogP contribution in [-0.2, 0) is 14.6 Å². The zero-order valence-electron chi connectivity index (χ0n) is 27.0. The van der Waals surface area contributed by atoms with Crippen LogP contribution in [0.1, 0.15) is 70.4 Å². The van der Waals surface area contributed by atoms with Crippen molar-refractivity contribution in [1.29, 1.82) is 0 Å². The number of anilines is 2. The lowest BCUT2D eigenvalue weighted by Crippen LogP contribution is -2.64. The number of ether oxygens (including phenoxy) is 1. The van der Waals surface area contributed by atoms with Gasteiger partial charge in [-0.3, -0.25) is 15.4 Å². The molecule has 5 N–H and O–H groups in total. The number of alkyl halides is 1. The third kappa shape index (κ3) is 7.88. The topological polar surface area (TPSA) is 124 Å². The zero-order chi connectivity index (χ0) is 32.3. The van der Waals surface area contributed by atoms with Crippen LogP contribution in [0.4, 0.5) is 11.4 Å². The molecule has 3 saturated heterocycles. The molecule has 0 bridgehead atoms. The fraction of sp³-hybridized carbons (Fsp3) is 0.606. The summed E-state index contributed by atoms with van der Waals surface area (Å²) in [4.78, 5) is 15.2. The molecule has 3 aliphatic rings. The monoisotopic (exact) mass is 660 g/mol. The van der Waals surface area contributed by atoms with Crippen molar-refractivity contribution in [2.24, 2.45) is 0 Å². The second-order valence-corrected chi connectivity index (χ2v) is 16.0. The van der Waals surface area contributed by atoms with E-state index in [4.69, 9.17) is 16.3 Å². The number of benzene rings is 2. The van der Waals surface area contributed by atoms with Crippen LogP contribution in [0.3, 0.4) is 0 Å². The van der Waals surface area contributed by atoms with Gasteiger partial charge in [0, 0.05) is 19.6 Å². The molecule has 0 aromatic heterocycles. The van der Waals surface area contributed by atoms with Crippen molar-refractivity contribution in [2.75, 3.05) is 36.8 Å². The Kier molecular flexibility index (Phi) is 10.9. The van der Waals surface area contributed by atoms with E-state index in [2.05, 4.69) is 45.6 Å². The van der Waals surface area contributed by atoms with E-state index in [0.717, 1.165) is 56.8 Å². The number of hydrogen-bond donors (Lipinski definition) is 5. The number of carbonyl (C=O) groups excluding carboxylic acids is 1. The van der Waals surface area contributed by atoms with Crippen molar-refractivity contribution in [1.82, 2.24) is 20.9 Å². The first-order chi connectivity index (χ1) is 21.4. The van der Waals surface area contributed by atoms with Crippen molar-refractivity contribution in [3.63, 3.8) is 0 Å². The molecule has 12 heteroatoms. The number of piperidine rings is 1. The Bertz CT molecular complexity index is 1440. The van der Waals surface area contributed by atoms with Crippen LogP contribution in [0.25, 0.3) is 0 Å². The van der Waals surface area contributed by atoms with E-state index in [-0.39, 0.29) is 34.6 Å². The summed E-state index contributed by atoms with van der Waals surface area (Å²) in [6.07, 6.45) is 3.07. The molecule has 45 heavy (non-hydrogen) atoms. The summed E-state index contributed by atoms with van der Waals surface area (Å²) in [5.41, 5.74) is 3.80. The molecule has 0 saturated carbocycles. The Balaban J connectivity index is 1.29. The van der Waals surface area contributed by atoms with E-state index < -0.39 is 21.3 Å². The lowest BCUT2D eigenvalue weighted by Gasteiger charge is -2.38. The van der Waals surface area contributed by atoms with Crippen LogP contribution in [0, 0.1) is 6.92 Å². The highest BCUT2D eigenvalue weighted by Gasteiger charge is 2.33. The molecule has 3 unspecified atom stereocenters. The first-order valence-electron chi connectivity index (χ1n) is 16.3. The van der Waals surface area contributed by atoms with Gasteiger partial charge in [-0.1, -0.05) is 12.1 Å². The summed E-state index contributed by atoms with van der Waals surface area (Å²) in [7, 11) is -3.49. The maximum atomic E-state index is 13.0. The summed E-state index contributed by atoms with van der Waals surface area (Å²) in [6, 6.07) is 11.2. The average Bonchev–Trinajstić information content (AvgIpc) is 3.55. The molecule has 3 heterocycles. The number of sulfone groups is 1. The van der Waals surface area contributed by atoms with Crippen molar-refractivity contribution in [3.05, 3.63) is 47.5 Å². The SMILES string of the molecule is Cc1cc(NC2NCC(Cl)C(Nc3ccccc3S(=O)(=O)C(C)C)N2)c(OC(C)C)cc1C1CCN(C(=O)[C@@H]2CCCN2)CC1. The molecule has 3 aliphatic heterocycles. The maximum Gasteiger partial charge on any atom is 0.239 e. The number of nitrogens with zero attached hydrogens (tertiary/aromatic N) is 1. The van der Waals surface area contributed by atoms with Crippen LogP contribution >= 0.6 is 11.6 Å². The predicted molar refractivity (Wildman–Crippen MR) is 181 cm³/mol. The highest BCUT2D eigenvalue weighted by molar-refractivity contribution is 7.92. The number of halogens is 1. The van der Waals surface area contributed by atoms with Crippen LogP contribution < -0.4 is 31.3 Å². The normalized spacial score (nSPS) is 24.7. The average molecular weight is 661 g/mol. The minimum atomic E-state index is -3.49. The molecule has 248 valence electrons. The molecule has 4 atom stereocenters. The van der Waals surface area contributed by atoms with Crippen LogP contribution in [0.2, 0.25) is 0 Å². The van der Waals surface area contributed by atoms with Crippen molar-refractivity contribution in [3.8, 4) is 5.75 Å². The van der Waals surface area contributed by atoms with E-state index in [1.54, 1.807) is 32.0 Å². The van der Waals surface area contributed by atoms with Crippen LogP contribution in [0.15, 0.2) is 41.3 Å². The molecule has 0 radical (unpaired) electrons. The summed E-state index contributed by atoms with van der Waals surface area (Å²) < 4.78 is 32.4. The summed E-state index contributed by atoms with van der Waals surface area (Å²) >= 11 is 6.71. The first kappa shape index (κ1) is 33.8. The van der Waals surface area contributed by atoms with Crippen LogP contribution in [-0.4, -0.2) is 80.6 Å². The van der Waals surface area contributed by atoms with Gasteiger partial charge in [-0.2, -0.15) is 0 Å². The van der Waals surface area contributed by atoms with Gasteiger partial charge >= 0.3 is 0 Å². The molecule has 1 amide bonds. The summed E-state index contributed by atoms with van der Waals surface area (Å²) in [6.45, 7) is 12.5. The van der Waals surface area contributed by atoms with Gasteiger partial charge in [0.2, 0.25) is 5.91 Å². The Morgan fingerprint density at radius 1 is 1.02 bits per heavy atom. The number of rotatable bonds is 10. The number of para-hydroxylation sites is 1. The summed E-state index contributed by atoms with van der Waals surface area (Å²) in [5.74, 6) is 1.37. The number of aryl methyl sites for hydroxylation is 1. The number of likely N-dealkylation sites (tertiary alicyclic amines) is 1. The predicted octanol–water partition coefficient (Wildman–Crippen LogP) is 4.36. The van der Waals surface area contributed by atoms with Gasteiger partial charge in [0.05, 0.1) is 45.2 Å². The van der Waals surface area contributed by atoms with E-state index >= 15 is 0 Å². The molecule has 3 fully saturated rings. The number of carbonyl (C=O) groups is 1. The minimum absolute atomic E-state index is 0.0200. The van der Waals surface area contributed by atoms with Crippen LogP contribution in [0.5, 0.6) is 5.75 Å². The minimum Gasteiger partial charge on any atom is -0.489 e. The fourth-order valence-electron chi connectivity index (χ4n) is 6.46. The van der Waals surface area contributed by atoms with Gasteiger partial charge in [-0.05, 0) is 108 Å². The largest absolute Gasteiger partial charge is 0.489 e. The van der Waals surface area contributed by atoms with Crippen molar-refractivity contribution in [2.45, 2.75) is 106 Å². The fourth-order valence-corrected chi connectivity index (χ4v) is 7.90. The second-order valence-electron chi connectivity index (χ2n) is 13.0. The first-order valence-corrected chi connectivity index (χ1v) is 18.2. The maximum absolute atomic E-state index is 13.0. The Labute approximate surface area is 273 Å². The quantitative estimate of drug-likeness (QED) is 0.237. The molecule has 2 aromatic rings. The van der Waals surface area contributed by atoms with E-state index in [9.17, 15) is 13.2 Å². The van der Waals surface area contributed by atoms with Gasteiger partial charge in [-0.15, -0.1) is 11.6 Å². The second kappa shape index (κ2) is 14.5.